The Labute approximate surface area is 91.0 Å². The molecule has 0 unspecified atom stereocenters. The first kappa shape index (κ1) is 11.8. The van der Waals surface area contributed by atoms with E-state index >= 15 is 0 Å². The van der Waals surface area contributed by atoms with Gasteiger partial charge in [0.05, 0.1) is 6.42 Å². The van der Waals surface area contributed by atoms with Crippen molar-refractivity contribution in [3.8, 4) is 0 Å². The second-order valence-corrected chi connectivity index (χ2v) is 4.38. The molecule has 0 saturated heterocycles. The Morgan fingerprint density at radius 3 is 2.27 bits per heavy atom. The smallest absolute Gasteiger partial charge is 0.140 e. The minimum Gasteiger partial charge on any atom is -0.299 e. The van der Waals surface area contributed by atoms with Crippen molar-refractivity contribution in [2.24, 2.45) is 5.92 Å². The van der Waals surface area contributed by atoms with E-state index in [1.165, 1.54) is 0 Å². The van der Waals surface area contributed by atoms with Gasteiger partial charge in [0.2, 0.25) is 0 Å². The normalized spacial score (nSPS) is 10.7. The van der Waals surface area contributed by atoms with Crippen LogP contribution in [0.25, 0.3) is 0 Å². The minimum atomic E-state index is 0.218. The molecule has 0 amide bonds. The molecule has 0 bridgehead atoms. The molecule has 0 atom stereocenters. The Kier molecular flexibility index (Phi) is 3.95. The van der Waals surface area contributed by atoms with Gasteiger partial charge in [0.15, 0.2) is 0 Å². The molecule has 82 valence electrons. The number of aryl methyl sites for hydroxylation is 2. The molecule has 0 spiro atoms. The summed E-state index contributed by atoms with van der Waals surface area (Å²) in [6, 6.07) is 1.91. The predicted octanol–water partition coefficient (Wildman–Crippen LogP) is 2.25. The van der Waals surface area contributed by atoms with Crippen molar-refractivity contribution >= 4 is 5.78 Å². The van der Waals surface area contributed by atoms with Crippen LogP contribution in [0.5, 0.6) is 0 Å². The van der Waals surface area contributed by atoms with Crippen LogP contribution in [-0.4, -0.2) is 15.8 Å². The molecule has 1 rings (SSSR count). The molecule has 0 aliphatic heterocycles. The number of nitrogens with zero attached hydrogens (tertiary/aromatic N) is 2. The summed E-state index contributed by atoms with van der Waals surface area (Å²) in [4.78, 5) is 20.1. The number of hydrogen-bond donors (Lipinski definition) is 0. The molecule has 1 heterocycles. The van der Waals surface area contributed by atoms with Crippen LogP contribution in [0.3, 0.4) is 0 Å². The highest BCUT2D eigenvalue weighted by molar-refractivity contribution is 5.80. The maximum absolute atomic E-state index is 11.6. The van der Waals surface area contributed by atoms with Crippen LogP contribution in [0.1, 0.15) is 37.5 Å². The van der Waals surface area contributed by atoms with E-state index in [2.05, 4.69) is 9.97 Å². The molecule has 0 fully saturated rings. The van der Waals surface area contributed by atoms with Crippen LogP contribution in [0.15, 0.2) is 6.07 Å². The molecule has 0 aliphatic carbocycles. The van der Waals surface area contributed by atoms with E-state index in [0.29, 0.717) is 24.6 Å². The topological polar surface area (TPSA) is 42.9 Å². The summed E-state index contributed by atoms with van der Waals surface area (Å²) >= 11 is 0. The summed E-state index contributed by atoms with van der Waals surface area (Å²) in [5, 5.41) is 0. The summed E-state index contributed by atoms with van der Waals surface area (Å²) in [6.07, 6.45) is 0.969. The number of carbonyl (C=O) groups is 1. The zero-order chi connectivity index (χ0) is 11.4. The van der Waals surface area contributed by atoms with Crippen LogP contribution in [-0.2, 0) is 11.2 Å². The summed E-state index contributed by atoms with van der Waals surface area (Å²) in [5.41, 5.74) is 1.85. The van der Waals surface area contributed by atoms with Crippen molar-refractivity contribution in [3.05, 3.63) is 23.3 Å². The standard InChI is InChI=1S/C12H18N2O/c1-8(2)5-11(15)7-12-13-9(3)6-10(4)14-12/h6,8H,5,7H2,1-4H3. The SMILES string of the molecule is Cc1cc(C)nc(CC(=O)CC(C)C)n1. The molecule has 0 aromatic carbocycles. The van der Waals surface area contributed by atoms with Crippen molar-refractivity contribution in [2.75, 3.05) is 0 Å². The second kappa shape index (κ2) is 5.01. The zero-order valence-corrected chi connectivity index (χ0v) is 9.87. The maximum Gasteiger partial charge on any atom is 0.140 e. The van der Waals surface area contributed by atoms with Crippen molar-refractivity contribution in [1.82, 2.24) is 9.97 Å². The van der Waals surface area contributed by atoms with Gasteiger partial charge in [0.25, 0.3) is 0 Å². The first-order valence-electron chi connectivity index (χ1n) is 5.30. The highest BCUT2D eigenvalue weighted by atomic mass is 16.1. The molecule has 0 aliphatic rings. The molecule has 15 heavy (non-hydrogen) atoms. The van der Waals surface area contributed by atoms with Crippen LogP contribution in [0.4, 0.5) is 0 Å². The summed E-state index contributed by atoms with van der Waals surface area (Å²) in [6.45, 7) is 7.93. The number of ketones is 1. The highest BCUT2D eigenvalue weighted by Crippen LogP contribution is 2.05. The third-order valence-electron chi connectivity index (χ3n) is 2.02. The predicted molar refractivity (Wildman–Crippen MR) is 59.7 cm³/mol. The van der Waals surface area contributed by atoms with Crippen molar-refractivity contribution in [2.45, 2.75) is 40.5 Å². The quantitative estimate of drug-likeness (QED) is 0.758. The van der Waals surface area contributed by atoms with E-state index in [-0.39, 0.29) is 5.78 Å². The Morgan fingerprint density at radius 1 is 1.27 bits per heavy atom. The zero-order valence-electron chi connectivity index (χ0n) is 9.87. The average Bonchev–Trinajstić information content (AvgIpc) is 1.98. The van der Waals surface area contributed by atoms with Gasteiger partial charge in [-0.25, -0.2) is 9.97 Å². The average molecular weight is 206 g/mol. The van der Waals surface area contributed by atoms with E-state index in [4.69, 9.17) is 0 Å². The van der Waals surface area contributed by atoms with Gasteiger partial charge in [0.1, 0.15) is 11.6 Å². The summed E-state index contributed by atoms with van der Waals surface area (Å²) in [5.74, 6) is 1.27. The molecule has 3 heteroatoms. The Hall–Kier alpha value is -1.25. The molecule has 0 radical (unpaired) electrons. The van der Waals surface area contributed by atoms with E-state index in [0.717, 1.165) is 11.4 Å². The Balaban J connectivity index is 2.68. The number of carbonyl (C=O) groups excluding carboxylic acids is 1. The highest BCUT2D eigenvalue weighted by Gasteiger charge is 2.08. The van der Waals surface area contributed by atoms with Crippen molar-refractivity contribution < 1.29 is 4.79 Å². The monoisotopic (exact) mass is 206 g/mol. The van der Waals surface area contributed by atoms with Crippen LogP contribution in [0, 0.1) is 19.8 Å². The van der Waals surface area contributed by atoms with Crippen LogP contribution in [0.2, 0.25) is 0 Å². The van der Waals surface area contributed by atoms with Crippen molar-refractivity contribution in [3.63, 3.8) is 0 Å². The van der Waals surface area contributed by atoms with Gasteiger partial charge < -0.3 is 0 Å². The third-order valence-corrected chi connectivity index (χ3v) is 2.02. The van der Waals surface area contributed by atoms with Crippen molar-refractivity contribution in [1.29, 1.82) is 0 Å². The Morgan fingerprint density at radius 2 is 1.80 bits per heavy atom. The molecular weight excluding hydrogens is 188 g/mol. The number of rotatable bonds is 4. The largest absolute Gasteiger partial charge is 0.299 e. The summed E-state index contributed by atoms with van der Waals surface area (Å²) < 4.78 is 0. The van der Waals surface area contributed by atoms with Gasteiger partial charge in [-0.15, -0.1) is 0 Å². The van der Waals surface area contributed by atoms with Gasteiger partial charge in [-0.1, -0.05) is 13.8 Å². The fourth-order valence-electron chi connectivity index (χ4n) is 1.58. The van der Waals surface area contributed by atoms with Gasteiger partial charge in [-0.3, -0.25) is 4.79 Å². The lowest BCUT2D eigenvalue weighted by Gasteiger charge is -2.04. The fraction of sp³-hybridized carbons (Fsp3) is 0.583. The van der Waals surface area contributed by atoms with Gasteiger partial charge in [-0.2, -0.15) is 0 Å². The first-order chi connectivity index (χ1) is 6.97. The van der Waals surface area contributed by atoms with Gasteiger partial charge in [-0.05, 0) is 25.8 Å². The second-order valence-electron chi connectivity index (χ2n) is 4.38. The van der Waals surface area contributed by atoms with E-state index < -0.39 is 0 Å². The van der Waals surface area contributed by atoms with E-state index in [1.807, 2.05) is 33.8 Å². The van der Waals surface area contributed by atoms with Gasteiger partial charge >= 0.3 is 0 Å². The fourth-order valence-corrected chi connectivity index (χ4v) is 1.58. The molecular formula is C12H18N2O. The van der Waals surface area contributed by atoms with Gasteiger partial charge in [0, 0.05) is 17.8 Å². The number of aromatic nitrogens is 2. The molecule has 0 saturated carbocycles. The van der Waals surface area contributed by atoms with E-state index in [1.54, 1.807) is 0 Å². The lowest BCUT2D eigenvalue weighted by atomic mass is 10.1. The van der Waals surface area contributed by atoms with E-state index in [9.17, 15) is 4.79 Å². The molecule has 1 aromatic heterocycles. The lowest BCUT2D eigenvalue weighted by Crippen LogP contribution is -2.10. The third kappa shape index (κ3) is 4.19. The Bertz CT molecular complexity index is 338. The number of Topliss-reactive ketones (excluding diaryl/α,β-unsaturated/α-hetero) is 1. The summed E-state index contributed by atoms with van der Waals surface area (Å²) in [7, 11) is 0. The lowest BCUT2D eigenvalue weighted by molar-refractivity contribution is -0.119. The number of hydrogen-bond acceptors (Lipinski definition) is 3. The molecule has 3 nitrogen and oxygen atoms in total. The van der Waals surface area contributed by atoms with Crippen LogP contribution < -0.4 is 0 Å². The minimum absolute atomic E-state index is 0.218. The molecule has 0 N–H and O–H groups in total. The van der Waals surface area contributed by atoms with Crippen LogP contribution >= 0.6 is 0 Å². The maximum atomic E-state index is 11.6. The molecule has 1 aromatic rings. The first-order valence-corrected chi connectivity index (χ1v) is 5.30.